The van der Waals surface area contributed by atoms with Crippen LogP contribution >= 0.6 is 7.26 Å². The fraction of sp³-hybridized carbons (Fsp3) is 0.0606. The summed E-state index contributed by atoms with van der Waals surface area (Å²) in [7, 11) is -2.20. The summed E-state index contributed by atoms with van der Waals surface area (Å²) in [5.74, 6) is 0.202. The molecule has 0 heterocycles. The number of carbonyl (C=O) groups is 1. The number of halogens is 1. The molecular formula is C33H26BrOP. The first-order valence-corrected chi connectivity index (χ1v) is 14.0. The average molecular weight is 549 g/mol. The molecule has 0 unspecified atom stereocenters. The first kappa shape index (κ1) is 24.4. The van der Waals surface area contributed by atoms with Crippen LogP contribution in [0.2, 0.25) is 0 Å². The molecule has 0 bridgehead atoms. The molecule has 6 rings (SSSR count). The van der Waals surface area contributed by atoms with Gasteiger partial charge in [0.25, 0.3) is 0 Å². The SMILES string of the molecule is O=C(C[P+](c1ccccc1)(c1ccccc1)c1ccccc1)c1ccc2c(c1)Cc1ccccc1-2.[Br-]. The minimum atomic E-state index is -2.20. The number of ketones is 1. The fourth-order valence-electron chi connectivity index (χ4n) is 5.39. The molecule has 36 heavy (non-hydrogen) atoms. The van der Waals surface area contributed by atoms with Crippen molar-refractivity contribution < 1.29 is 21.8 Å². The topological polar surface area (TPSA) is 17.1 Å². The molecular weight excluding hydrogens is 523 g/mol. The molecule has 1 aliphatic carbocycles. The Kier molecular flexibility index (Phi) is 7.01. The highest BCUT2D eigenvalue weighted by molar-refractivity contribution is 7.96. The van der Waals surface area contributed by atoms with Crippen LogP contribution in [0.25, 0.3) is 11.1 Å². The monoisotopic (exact) mass is 548 g/mol. The van der Waals surface area contributed by atoms with Gasteiger partial charge in [0.15, 0.2) is 0 Å². The van der Waals surface area contributed by atoms with Gasteiger partial charge in [0.2, 0.25) is 5.78 Å². The van der Waals surface area contributed by atoms with Crippen molar-refractivity contribution in [2.75, 3.05) is 6.16 Å². The van der Waals surface area contributed by atoms with Crippen LogP contribution in [0.5, 0.6) is 0 Å². The molecule has 5 aromatic carbocycles. The van der Waals surface area contributed by atoms with Gasteiger partial charge in [0.05, 0.1) is 0 Å². The van der Waals surface area contributed by atoms with E-state index in [0.29, 0.717) is 6.16 Å². The molecule has 0 saturated heterocycles. The summed E-state index contributed by atoms with van der Waals surface area (Å²) in [6.07, 6.45) is 1.36. The zero-order chi connectivity index (χ0) is 23.7. The molecule has 0 radical (unpaired) electrons. The Morgan fingerprint density at radius 3 is 1.58 bits per heavy atom. The van der Waals surface area contributed by atoms with Crippen LogP contribution in [0.15, 0.2) is 133 Å². The summed E-state index contributed by atoms with van der Waals surface area (Å²) >= 11 is 0. The lowest BCUT2D eigenvalue weighted by molar-refractivity contribution is -0.0000144. The maximum Gasteiger partial charge on any atom is 0.201 e. The number of hydrogen-bond donors (Lipinski definition) is 0. The summed E-state index contributed by atoms with van der Waals surface area (Å²) < 4.78 is 0. The van der Waals surface area contributed by atoms with Gasteiger partial charge in [-0.05, 0) is 71.1 Å². The van der Waals surface area contributed by atoms with Crippen molar-refractivity contribution in [3.05, 3.63) is 150 Å². The molecule has 0 fully saturated rings. The van der Waals surface area contributed by atoms with Crippen molar-refractivity contribution in [2.45, 2.75) is 6.42 Å². The zero-order valence-corrected chi connectivity index (χ0v) is 22.3. The third-order valence-electron chi connectivity index (χ3n) is 7.09. The smallest absolute Gasteiger partial charge is 0.201 e. The average Bonchev–Trinajstić information content (AvgIpc) is 3.31. The predicted molar refractivity (Wildman–Crippen MR) is 149 cm³/mol. The van der Waals surface area contributed by atoms with Crippen molar-refractivity contribution in [1.29, 1.82) is 0 Å². The number of benzene rings is 5. The lowest BCUT2D eigenvalue weighted by atomic mass is 10.0. The minimum absolute atomic E-state index is 0. The largest absolute Gasteiger partial charge is 1.00 e. The van der Waals surface area contributed by atoms with E-state index in [0.717, 1.165) is 12.0 Å². The van der Waals surface area contributed by atoms with Crippen molar-refractivity contribution in [2.24, 2.45) is 0 Å². The van der Waals surface area contributed by atoms with E-state index in [-0.39, 0.29) is 22.8 Å². The Labute approximate surface area is 224 Å². The van der Waals surface area contributed by atoms with Gasteiger partial charge in [0, 0.05) is 5.56 Å². The minimum Gasteiger partial charge on any atom is -1.00 e. The van der Waals surface area contributed by atoms with Crippen LogP contribution in [-0.4, -0.2) is 11.9 Å². The Morgan fingerprint density at radius 2 is 1.03 bits per heavy atom. The molecule has 5 aromatic rings. The van der Waals surface area contributed by atoms with Gasteiger partial charge >= 0.3 is 0 Å². The van der Waals surface area contributed by atoms with Crippen LogP contribution in [0, 0.1) is 0 Å². The number of rotatable bonds is 6. The lowest BCUT2D eigenvalue weighted by Gasteiger charge is -2.27. The predicted octanol–water partition coefficient (Wildman–Crippen LogP) is 3.44. The molecule has 0 amide bonds. The van der Waals surface area contributed by atoms with Crippen LogP contribution in [0.1, 0.15) is 21.5 Å². The molecule has 0 N–H and O–H groups in total. The second-order valence-electron chi connectivity index (χ2n) is 9.10. The molecule has 3 heteroatoms. The Hall–Kier alpha value is -3.32. The van der Waals surface area contributed by atoms with Crippen molar-refractivity contribution in [3.8, 4) is 11.1 Å². The summed E-state index contributed by atoms with van der Waals surface area (Å²) in [5.41, 5.74) is 5.95. The number of Topliss-reactive ketones (excluding diaryl/α,β-unsaturated/α-hetero) is 1. The van der Waals surface area contributed by atoms with E-state index in [1.165, 1.54) is 38.2 Å². The van der Waals surface area contributed by atoms with Gasteiger partial charge in [0.1, 0.15) is 29.3 Å². The third-order valence-corrected chi connectivity index (χ3v) is 11.4. The van der Waals surface area contributed by atoms with E-state index in [1.807, 2.05) is 24.3 Å². The first-order chi connectivity index (χ1) is 17.3. The van der Waals surface area contributed by atoms with E-state index >= 15 is 0 Å². The summed E-state index contributed by atoms with van der Waals surface area (Å²) in [4.78, 5) is 14.1. The van der Waals surface area contributed by atoms with E-state index in [1.54, 1.807) is 0 Å². The van der Waals surface area contributed by atoms with Gasteiger partial charge in [-0.2, -0.15) is 0 Å². The highest BCUT2D eigenvalue weighted by Gasteiger charge is 2.47. The van der Waals surface area contributed by atoms with Crippen LogP contribution in [-0.2, 0) is 6.42 Å². The van der Waals surface area contributed by atoms with Gasteiger partial charge in [-0.15, -0.1) is 0 Å². The third kappa shape index (κ3) is 4.26. The van der Waals surface area contributed by atoms with Crippen molar-refractivity contribution in [1.82, 2.24) is 0 Å². The Bertz CT molecular complexity index is 1400. The van der Waals surface area contributed by atoms with Gasteiger partial charge in [-0.3, -0.25) is 4.79 Å². The molecule has 0 spiro atoms. The maximum atomic E-state index is 14.1. The molecule has 0 aromatic heterocycles. The summed E-state index contributed by atoms with van der Waals surface area (Å²) in [5, 5.41) is 3.71. The zero-order valence-electron chi connectivity index (χ0n) is 19.8. The van der Waals surface area contributed by atoms with Crippen LogP contribution in [0.3, 0.4) is 0 Å². The van der Waals surface area contributed by atoms with Gasteiger partial charge < -0.3 is 17.0 Å². The quantitative estimate of drug-likeness (QED) is 0.230. The Balaban J connectivity index is 0.00000267. The standard InChI is InChI=1S/C33H26OP.BrH/c34-33(26-20-21-32-27(23-26)22-25-12-10-11-19-31(25)32)24-35(28-13-4-1-5-14-28,29-15-6-2-7-16-29)30-17-8-3-9-18-30;/h1-21,23H,22,24H2;1H/q+1;/p-1. The van der Waals surface area contributed by atoms with E-state index in [2.05, 4.69) is 109 Å². The molecule has 0 aliphatic heterocycles. The highest BCUT2D eigenvalue weighted by atomic mass is 79.9. The first-order valence-electron chi connectivity index (χ1n) is 12.0. The molecule has 176 valence electrons. The molecule has 0 atom stereocenters. The number of fused-ring (bicyclic) bond motifs is 3. The normalized spacial score (nSPS) is 11.8. The maximum absolute atomic E-state index is 14.1. The second-order valence-corrected chi connectivity index (χ2v) is 12.6. The van der Waals surface area contributed by atoms with Crippen LogP contribution in [0.4, 0.5) is 0 Å². The summed E-state index contributed by atoms with van der Waals surface area (Å²) in [6, 6.07) is 46.7. The molecule has 1 nitrogen and oxygen atoms in total. The van der Waals surface area contributed by atoms with Crippen molar-refractivity contribution in [3.63, 3.8) is 0 Å². The van der Waals surface area contributed by atoms with E-state index in [4.69, 9.17) is 0 Å². The molecule has 0 saturated carbocycles. The van der Waals surface area contributed by atoms with Crippen molar-refractivity contribution >= 4 is 29.0 Å². The fourth-order valence-corrected chi connectivity index (χ4v) is 9.49. The Morgan fingerprint density at radius 1 is 0.556 bits per heavy atom. The van der Waals surface area contributed by atoms with Gasteiger partial charge in [-0.25, -0.2) is 0 Å². The van der Waals surface area contributed by atoms with E-state index < -0.39 is 7.26 Å². The summed E-state index contributed by atoms with van der Waals surface area (Å²) in [6.45, 7) is 0. The molecule has 1 aliphatic rings. The lowest BCUT2D eigenvalue weighted by Crippen LogP contribution is -3.00. The van der Waals surface area contributed by atoms with E-state index in [9.17, 15) is 4.79 Å². The second kappa shape index (κ2) is 10.3. The highest BCUT2D eigenvalue weighted by Crippen LogP contribution is 2.55. The van der Waals surface area contributed by atoms with Gasteiger partial charge in [-0.1, -0.05) is 91.0 Å². The van der Waals surface area contributed by atoms with Crippen LogP contribution < -0.4 is 32.9 Å². The number of hydrogen-bond acceptors (Lipinski definition) is 1. The number of carbonyl (C=O) groups excluding carboxylic acids is 1.